The predicted octanol–water partition coefficient (Wildman–Crippen LogP) is 6.56. The van der Waals surface area contributed by atoms with Crippen LogP contribution in [0.1, 0.15) is 80.1 Å². The van der Waals surface area contributed by atoms with E-state index in [-0.39, 0.29) is 11.1 Å². The first-order chi connectivity index (χ1) is 11.9. The molecular weight excluding hydrogens is 336 g/mol. The molecule has 26 heavy (non-hydrogen) atoms. The van der Waals surface area contributed by atoms with E-state index in [1.54, 1.807) is 0 Å². The fraction of sp³-hybridized carbons (Fsp3) is 0.913. The SMILES string of the molecule is C[C@H](C=CC[C@H](C)O[Si](C)(C)C(C)(C)C)[C@H]1CC[C@H]2[C@@H](O)CCC[C@]12C. The quantitative estimate of drug-likeness (QED) is 0.418. The zero-order valence-corrected chi connectivity index (χ0v) is 19.6. The van der Waals surface area contributed by atoms with Crippen molar-refractivity contribution in [2.24, 2.45) is 23.2 Å². The van der Waals surface area contributed by atoms with Gasteiger partial charge < -0.3 is 9.53 Å². The molecule has 2 rings (SSSR count). The van der Waals surface area contributed by atoms with Gasteiger partial charge >= 0.3 is 0 Å². The van der Waals surface area contributed by atoms with Crippen LogP contribution < -0.4 is 0 Å². The lowest BCUT2D eigenvalue weighted by molar-refractivity contribution is -0.0231. The molecule has 0 heterocycles. The van der Waals surface area contributed by atoms with Crippen LogP contribution in [0, 0.1) is 23.2 Å². The summed E-state index contributed by atoms with van der Waals surface area (Å²) in [5, 5.41) is 10.7. The fourth-order valence-electron chi connectivity index (χ4n) is 5.40. The Bertz CT molecular complexity index is 493. The van der Waals surface area contributed by atoms with Gasteiger partial charge in [-0.15, -0.1) is 0 Å². The number of aliphatic hydroxyl groups is 1. The first kappa shape index (κ1) is 22.2. The van der Waals surface area contributed by atoms with Crippen LogP contribution in [0.4, 0.5) is 0 Å². The van der Waals surface area contributed by atoms with E-state index < -0.39 is 8.32 Å². The van der Waals surface area contributed by atoms with E-state index in [0.29, 0.717) is 23.4 Å². The van der Waals surface area contributed by atoms with Crippen molar-refractivity contribution in [2.45, 2.75) is 110 Å². The standard InChI is InChI=1S/C23H44O2Si/c1-17(11-9-12-18(2)25-26(7,8)22(3,4)5)19-14-15-20-21(24)13-10-16-23(19,20)6/h9,11,17-21,24H,10,12-16H2,1-8H3/t17-,18+,19-,20+,21+,23-/m1/s1. The van der Waals surface area contributed by atoms with Crippen molar-refractivity contribution in [3.63, 3.8) is 0 Å². The summed E-state index contributed by atoms with van der Waals surface area (Å²) in [6.07, 6.45) is 12.0. The molecule has 2 aliphatic rings. The van der Waals surface area contributed by atoms with Crippen molar-refractivity contribution >= 4 is 8.32 Å². The highest BCUT2D eigenvalue weighted by Gasteiger charge is 2.51. The zero-order valence-electron chi connectivity index (χ0n) is 18.6. The third kappa shape index (κ3) is 4.64. The number of hydrogen-bond acceptors (Lipinski definition) is 2. The van der Waals surface area contributed by atoms with Gasteiger partial charge in [-0.3, -0.25) is 0 Å². The lowest BCUT2D eigenvalue weighted by atomic mass is 9.62. The molecule has 2 nitrogen and oxygen atoms in total. The second-order valence-corrected chi connectivity index (χ2v) is 15.7. The average Bonchev–Trinajstić information content (AvgIpc) is 2.84. The largest absolute Gasteiger partial charge is 0.414 e. The van der Waals surface area contributed by atoms with Crippen molar-refractivity contribution in [3.05, 3.63) is 12.2 Å². The van der Waals surface area contributed by atoms with Crippen LogP contribution in [0.15, 0.2) is 12.2 Å². The molecular formula is C23H44O2Si. The molecule has 2 aliphatic carbocycles. The summed E-state index contributed by atoms with van der Waals surface area (Å²) in [6, 6.07) is 0. The van der Waals surface area contributed by atoms with Crippen LogP contribution in [0.2, 0.25) is 18.1 Å². The minimum atomic E-state index is -1.68. The summed E-state index contributed by atoms with van der Waals surface area (Å²) in [6.45, 7) is 18.6. The van der Waals surface area contributed by atoms with Crippen LogP contribution in [0.25, 0.3) is 0 Å². The van der Waals surface area contributed by atoms with Crippen LogP contribution in [0.3, 0.4) is 0 Å². The van der Waals surface area contributed by atoms with Crippen LogP contribution in [-0.4, -0.2) is 25.6 Å². The molecule has 0 spiro atoms. The average molecular weight is 381 g/mol. The predicted molar refractivity (Wildman–Crippen MR) is 115 cm³/mol. The molecule has 0 bridgehead atoms. The second kappa shape index (κ2) is 8.09. The summed E-state index contributed by atoms with van der Waals surface area (Å²) >= 11 is 0. The lowest BCUT2D eigenvalue weighted by Gasteiger charge is -2.44. The maximum atomic E-state index is 10.4. The van der Waals surface area contributed by atoms with Gasteiger partial charge in [0.2, 0.25) is 0 Å². The monoisotopic (exact) mass is 380 g/mol. The maximum absolute atomic E-state index is 10.4. The van der Waals surface area contributed by atoms with Gasteiger partial charge in [0.05, 0.1) is 6.10 Å². The molecule has 6 atom stereocenters. The highest BCUT2D eigenvalue weighted by atomic mass is 28.4. The third-order valence-corrected chi connectivity index (χ3v) is 12.6. The van der Waals surface area contributed by atoms with E-state index in [1.807, 2.05) is 0 Å². The Morgan fingerprint density at radius 2 is 1.85 bits per heavy atom. The molecule has 0 aromatic rings. The number of hydrogen-bond donors (Lipinski definition) is 1. The molecule has 2 fully saturated rings. The smallest absolute Gasteiger partial charge is 0.192 e. The van der Waals surface area contributed by atoms with Gasteiger partial charge in [-0.05, 0) is 80.3 Å². The van der Waals surface area contributed by atoms with Crippen LogP contribution in [-0.2, 0) is 4.43 Å². The van der Waals surface area contributed by atoms with Crippen molar-refractivity contribution in [3.8, 4) is 0 Å². The minimum Gasteiger partial charge on any atom is -0.414 e. The number of aliphatic hydroxyl groups excluding tert-OH is 1. The second-order valence-electron chi connectivity index (χ2n) is 11.0. The molecule has 0 amide bonds. The maximum Gasteiger partial charge on any atom is 0.192 e. The highest BCUT2D eigenvalue weighted by Crippen LogP contribution is 2.57. The van der Waals surface area contributed by atoms with E-state index in [2.05, 4.69) is 66.8 Å². The van der Waals surface area contributed by atoms with E-state index in [0.717, 1.165) is 18.8 Å². The molecule has 0 aromatic carbocycles. The fourth-order valence-corrected chi connectivity index (χ4v) is 6.86. The van der Waals surface area contributed by atoms with Crippen molar-refractivity contribution in [1.29, 1.82) is 0 Å². The molecule has 2 saturated carbocycles. The Kier molecular flexibility index (Phi) is 6.90. The summed E-state index contributed by atoms with van der Waals surface area (Å²) in [5.74, 6) is 1.84. The minimum absolute atomic E-state index is 0.0621. The van der Waals surface area contributed by atoms with Gasteiger partial charge in [0.15, 0.2) is 8.32 Å². The number of allylic oxidation sites excluding steroid dienone is 1. The van der Waals surface area contributed by atoms with Gasteiger partial charge in [-0.25, -0.2) is 0 Å². The van der Waals surface area contributed by atoms with E-state index in [1.165, 1.54) is 25.7 Å². The van der Waals surface area contributed by atoms with Crippen LogP contribution in [0.5, 0.6) is 0 Å². The van der Waals surface area contributed by atoms with Crippen molar-refractivity contribution in [2.75, 3.05) is 0 Å². The van der Waals surface area contributed by atoms with Gasteiger partial charge in [0.25, 0.3) is 0 Å². The Hall–Kier alpha value is -0.123. The Morgan fingerprint density at radius 1 is 1.19 bits per heavy atom. The van der Waals surface area contributed by atoms with Gasteiger partial charge in [-0.1, -0.05) is 53.2 Å². The van der Waals surface area contributed by atoms with Gasteiger partial charge in [-0.2, -0.15) is 0 Å². The van der Waals surface area contributed by atoms with E-state index in [9.17, 15) is 5.11 Å². The topological polar surface area (TPSA) is 29.5 Å². The summed E-state index contributed by atoms with van der Waals surface area (Å²) in [7, 11) is -1.68. The number of fused-ring (bicyclic) bond motifs is 1. The molecule has 0 saturated heterocycles. The highest BCUT2D eigenvalue weighted by molar-refractivity contribution is 6.74. The van der Waals surface area contributed by atoms with Gasteiger partial charge in [0.1, 0.15) is 0 Å². The molecule has 1 N–H and O–H groups in total. The summed E-state index contributed by atoms with van der Waals surface area (Å²) < 4.78 is 6.48. The Morgan fingerprint density at radius 3 is 2.46 bits per heavy atom. The summed E-state index contributed by atoms with van der Waals surface area (Å²) in [4.78, 5) is 0. The first-order valence-corrected chi connectivity index (χ1v) is 13.8. The molecule has 3 heteroatoms. The number of rotatable bonds is 6. The normalized spacial score (nSPS) is 35.5. The third-order valence-electron chi connectivity index (χ3n) is 8.01. The Labute approximate surface area is 163 Å². The molecule has 152 valence electrons. The van der Waals surface area contributed by atoms with Gasteiger partial charge in [0, 0.05) is 6.10 Å². The molecule has 0 aliphatic heterocycles. The zero-order chi connectivity index (χ0) is 19.8. The van der Waals surface area contributed by atoms with E-state index >= 15 is 0 Å². The van der Waals surface area contributed by atoms with Crippen molar-refractivity contribution in [1.82, 2.24) is 0 Å². The van der Waals surface area contributed by atoms with Crippen molar-refractivity contribution < 1.29 is 9.53 Å². The Balaban J connectivity index is 1.90. The first-order valence-electron chi connectivity index (χ1n) is 10.9. The molecule has 0 radical (unpaired) electrons. The van der Waals surface area contributed by atoms with Crippen LogP contribution >= 0.6 is 0 Å². The lowest BCUT2D eigenvalue weighted by Crippen LogP contribution is -2.43. The van der Waals surface area contributed by atoms with E-state index in [4.69, 9.17) is 4.43 Å². The summed E-state index contributed by atoms with van der Waals surface area (Å²) in [5.41, 5.74) is 0.338. The molecule has 0 aromatic heterocycles. The molecule has 0 unspecified atom stereocenters.